The van der Waals surface area contributed by atoms with Crippen LogP contribution in [0.3, 0.4) is 0 Å². The van der Waals surface area contributed by atoms with E-state index in [4.69, 9.17) is 16.2 Å². The molecule has 0 aliphatic heterocycles. The van der Waals surface area contributed by atoms with E-state index < -0.39 is 11.7 Å². The quantitative estimate of drug-likeness (QED) is 0.387. The van der Waals surface area contributed by atoms with E-state index in [0.29, 0.717) is 23.2 Å². The van der Waals surface area contributed by atoms with Crippen LogP contribution in [0.1, 0.15) is 30.1 Å². The standard InChI is InChI=1S/C20H24FN9O2/c1-10(16(22)11-3-4-11)26-19-14(21)8-13(17(23)31)18(28-19)27-12-7-15(20(32-2)24-9-12)30-6-5-25-29-30/h5-11,16H,3-4,22H2,1-2H3,(H2,23,31)(H2,26,27,28)/t10-,16-/m1/s1. The molecule has 1 fully saturated rings. The van der Waals surface area contributed by atoms with Crippen molar-refractivity contribution >= 4 is 23.2 Å². The minimum atomic E-state index is -0.828. The summed E-state index contributed by atoms with van der Waals surface area (Å²) in [4.78, 5) is 20.5. The predicted octanol–water partition coefficient (Wildman–Crippen LogP) is 1.59. The molecule has 4 rings (SSSR count). The minimum absolute atomic E-state index is 0.0286. The molecule has 0 saturated heterocycles. The van der Waals surface area contributed by atoms with Gasteiger partial charge in [0.1, 0.15) is 11.5 Å². The van der Waals surface area contributed by atoms with Gasteiger partial charge in [0.2, 0.25) is 5.88 Å². The zero-order valence-electron chi connectivity index (χ0n) is 17.6. The van der Waals surface area contributed by atoms with Gasteiger partial charge < -0.3 is 26.8 Å². The zero-order chi connectivity index (χ0) is 22.8. The predicted molar refractivity (Wildman–Crippen MR) is 115 cm³/mol. The molecule has 0 aromatic carbocycles. The fourth-order valence-electron chi connectivity index (χ4n) is 3.38. The Morgan fingerprint density at radius 2 is 2.12 bits per heavy atom. The highest BCUT2D eigenvalue weighted by molar-refractivity contribution is 5.98. The number of methoxy groups -OCH3 is 1. The van der Waals surface area contributed by atoms with E-state index in [1.54, 1.807) is 12.3 Å². The summed E-state index contributed by atoms with van der Waals surface area (Å²) in [7, 11) is 1.48. The molecule has 3 heterocycles. The zero-order valence-corrected chi connectivity index (χ0v) is 17.6. The minimum Gasteiger partial charge on any atom is -0.479 e. The molecule has 6 N–H and O–H groups in total. The molecule has 1 aliphatic carbocycles. The molecule has 168 valence electrons. The highest BCUT2D eigenvalue weighted by atomic mass is 19.1. The SMILES string of the molecule is COc1ncc(Nc2nc(N[C@H](C)[C@@H](N)C3CC3)c(F)cc2C(N)=O)cc1-n1ccnn1. The maximum Gasteiger partial charge on any atom is 0.252 e. The maximum atomic E-state index is 14.7. The van der Waals surface area contributed by atoms with Crippen LogP contribution in [0.5, 0.6) is 5.88 Å². The lowest BCUT2D eigenvalue weighted by Gasteiger charge is -2.22. The summed E-state index contributed by atoms with van der Waals surface area (Å²) < 4.78 is 21.4. The van der Waals surface area contributed by atoms with Crippen LogP contribution in [0.4, 0.5) is 21.7 Å². The largest absolute Gasteiger partial charge is 0.479 e. The normalized spacial score (nSPS) is 15.1. The molecule has 11 nitrogen and oxygen atoms in total. The van der Waals surface area contributed by atoms with Crippen LogP contribution in [-0.4, -0.2) is 50.1 Å². The Kier molecular flexibility index (Phi) is 5.86. The molecular weight excluding hydrogens is 417 g/mol. The molecule has 2 atom stereocenters. The molecule has 1 saturated carbocycles. The molecule has 1 amide bonds. The van der Waals surface area contributed by atoms with Crippen molar-refractivity contribution in [2.75, 3.05) is 17.7 Å². The number of halogens is 1. The smallest absolute Gasteiger partial charge is 0.252 e. The van der Waals surface area contributed by atoms with Crippen molar-refractivity contribution in [1.82, 2.24) is 25.0 Å². The summed E-state index contributed by atoms with van der Waals surface area (Å²) in [6.07, 6.45) is 6.75. The average Bonchev–Trinajstić information content (AvgIpc) is 3.48. The summed E-state index contributed by atoms with van der Waals surface area (Å²) in [5.41, 5.74) is 12.5. The lowest BCUT2D eigenvalue weighted by Crippen LogP contribution is -2.40. The van der Waals surface area contributed by atoms with E-state index >= 15 is 0 Å². The number of hydrogen-bond donors (Lipinski definition) is 4. The van der Waals surface area contributed by atoms with Gasteiger partial charge in [0.15, 0.2) is 11.6 Å². The van der Waals surface area contributed by atoms with Gasteiger partial charge in [-0.2, -0.15) is 0 Å². The third-order valence-corrected chi connectivity index (χ3v) is 5.31. The number of carbonyl (C=O) groups excluding carboxylic acids is 1. The Labute approximate surface area is 183 Å². The number of anilines is 3. The Morgan fingerprint density at radius 3 is 2.75 bits per heavy atom. The first kappa shape index (κ1) is 21.4. The third-order valence-electron chi connectivity index (χ3n) is 5.31. The Morgan fingerprint density at radius 1 is 1.34 bits per heavy atom. The number of pyridine rings is 2. The Bertz CT molecular complexity index is 1120. The van der Waals surface area contributed by atoms with Crippen LogP contribution in [0.2, 0.25) is 0 Å². The number of nitrogens with one attached hydrogen (secondary N) is 2. The van der Waals surface area contributed by atoms with E-state index in [-0.39, 0.29) is 29.3 Å². The van der Waals surface area contributed by atoms with Crippen LogP contribution >= 0.6 is 0 Å². The van der Waals surface area contributed by atoms with Crippen molar-refractivity contribution in [3.05, 3.63) is 42.1 Å². The number of ether oxygens (including phenoxy) is 1. The molecular formula is C20H24FN9O2. The molecule has 0 bridgehead atoms. The van der Waals surface area contributed by atoms with Crippen molar-refractivity contribution in [1.29, 1.82) is 0 Å². The molecule has 32 heavy (non-hydrogen) atoms. The highest BCUT2D eigenvalue weighted by Gasteiger charge is 2.32. The van der Waals surface area contributed by atoms with E-state index in [0.717, 1.165) is 18.9 Å². The molecule has 3 aromatic rings. The number of rotatable bonds is 9. The number of amides is 1. The van der Waals surface area contributed by atoms with Gasteiger partial charge in [0, 0.05) is 12.1 Å². The molecule has 0 spiro atoms. The van der Waals surface area contributed by atoms with Gasteiger partial charge >= 0.3 is 0 Å². The van der Waals surface area contributed by atoms with Gasteiger partial charge in [-0.3, -0.25) is 4.79 Å². The summed E-state index contributed by atoms with van der Waals surface area (Å²) >= 11 is 0. The molecule has 0 unspecified atom stereocenters. The van der Waals surface area contributed by atoms with Gasteiger partial charge in [0.05, 0.1) is 37.0 Å². The van der Waals surface area contributed by atoms with Gasteiger partial charge in [0.25, 0.3) is 5.91 Å². The van der Waals surface area contributed by atoms with Crippen LogP contribution in [-0.2, 0) is 0 Å². The Hall–Kier alpha value is -3.80. The lowest BCUT2D eigenvalue weighted by atomic mass is 10.1. The van der Waals surface area contributed by atoms with E-state index in [2.05, 4.69) is 30.9 Å². The second-order valence-electron chi connectivity index (χ2n) is 7.65. The van der Waals surface area contributed by atoms with Crippen LogP contribution < -0.4 is 26.8 Å². The second-order valence-corrected chi connectivity index (χ2v) is 7.65. The molecule has 3 aromatic heterocycles. The Balaban J connectivity index is 1.66. The van der Waals surface area contributed by atoms with Crippen molar-refractivity contribution < 1.29 is 13.9 Å². The van der Waals surface area contributed by atoms with E-state index in [1.165, 1.54) is 24.2 Å². The first-order chi connectivity index (χ1) is 15.4. The van der Waals surface area contributed by atoms with Crippen LogP contribution in [0.15, 0.2) is 30.7 Å². The van der Waals surface area contributed by atoms with E-state index in [9.17, 15) is 9.18 Å². The average molecular weight is 441 g/mol. The van der Waals surface area contributed by atoms with E-state index in [1.807, 2.05) is 6.92 Å². The summed E-state index contributed by atoms with van der Waals surface area (Å²) in [5, 5.41) is 13.7. The van der Waals surface area contributed by atoms with Gasteiger partial charge in [-0.15, -0.1) is 5.10 Å². The number of aromatic nitrogens is 5. The molecule has 1 aliphatic rings. The number of carbonyl (C=O) groups is 1. The topological polar surface area (TPSA) is 159 Å². The number of nitrogens with zero attached hydrogens (tertiary/aromatic N) is 5. The first-order valence-corrected chi connectivity index (χ1v) is 10.1. The second kappa shape index (κ2) is 8.75. The number of nitrogens with two attached hydrogens (primary N) is 2. The van der Waals surface area contributed by atoms with Gasteiger partial charge in [-0.05, 0) is 37.8 Å². The molecule has 12 heteroatoms. The number of hydrogen-bond acceptors (Lipinski definition) is 9. The van der Waals surface area contributed by atoms with Gasteiger partial charge in [-0.1, -0.05) is 5.21 Å². The van der Waals surface area contributed by atoms with Crippen molar-refractivity contribution in [2.45, 2.75) is 31.8 Å². The highest BCUT2D eigenvalue weighted by Crippen LogP contribution is 2.34. The first-order valence-electron chi connectivity index (χ1n) is 10.1. The fraction of sp³-hybridized carbons (Fsp3) is 0.350. The van der Waals surface area contributed by atoms with Crippen LogP contribution in [0.25, 0.3) is 5.69 Å². The summed E-state index contributed by atoms with van der Waals surface area (Å²) in [5.74, 6) is -0.747. The summed E-state index contributed by atoms with van der Waals surface area (Å²) in [6, 6.07) is 2.39. The van der Waals surface area contributed by atoms with Crippen molar-refractivity contribution in [2.24, 2.45) is 17.4 Å². The third kappa shape index (κ3) is 4.44. The van der Waals surface area contributed by atoms with Crippen LogP contribution in [0, 0.1) is 11.7 Å². The monoisotopic (exact) mass is 441 g/mol. The lowest BCUT2D eigenvalue weighted by molar-refractivity contribution is 0.100. The fourth-order valence-corrected chi connectivity index (χ4v) is 3.38. The maximum absolute atomic E-state index is 14.7. The van der Waals surface area contributed by atoms with Gasteiger partial charge in [-0.25, -0.2) is 19.0 Å². The van der Waals surface area contributed by atoms with Crippen molar-refractivity contribution in [3.8, 4) is 11.6 Å². The van der Waals surface area contributed by atoms with Crippen molar-refractivity contribution in [3.63, 3.8) is 0 Å². The number of primary amides is 1. The molecule has 0 radical (unpaired) electrons. The summed E-state index contributed by atoms with van der Waals surface area (Å²) in [6.45, 7) is 1.87.